The Balaban J connectivity index is 1.89. The van der Waals surface area contributed by atoms with Crippen LogP contribution in [0.2, 0.25) is 0 Å². The molecule has 2 aromatic heterocycles. The largest absolute Gasteiger partial charge is 0.477 e. The quantitative estimate of drug-likeness (QED) is 0.743. The maximum absolute atomic E-state index is 11.6. The van der Waals surface area contributed by atoms with E-state index in [1.165, 1.54) is 0 Å². The van der Waals surface area contributed by atoms with E-state index in [0.717, 1.165) is 11.4 Å². The van der Waals surface area contributed by atoms with Crippen LogP contribution in [0, 0.1) is 13.8 Å². The first-order chi connectivity index (χ1) is 11.5. The lowest BCUT2D eigenvalue weighted by molar-refractivity contribution is 0.0698. The molecule has 0 atom stereocenters. The third-order valence-corrected chi connectivity index (χ3v) is 3.38. The Hall–Kier alpha value is -3.22. The van der Waals surface area contributed by atoms with Gasteiger partial charge in [-0.05, 0) is 19.9 Å². The monoisotopic (exact) mass is 324 g/mol. The first-order valence-corrected chi connectivity index (χ1v) is 7.38. The summed E-state index contributed by atoms with van der Waals surface area (Å²) in [5, 5.41) is 16.3. The normalized spacial score (nSPS) is 10.6. The minimum atomic E-state index is -1.11. The zero-order valence-electron chi connectivity index (χ0n) is 13.3. The highest BCUT2D eigenvalue weighted by atomic mass is 16.5. The minimum Gasteiger partial charge on any atom is -0.477 e. The van der Waals surface area contributed by atoms with Crippen LogP contribution < -0.4 is 5.32 Å². The van der Waals surface area contributed by atoms with Gasteiger partial charge in [0.1, 0.15) is 5.82 Å². The van der Waals surface area contributed by atoms with Crippen LogP contribution in [0.25, 0.3) is 11.3 Å². The summed E-state index contributed by atoms with van der Waals surface area (Å²) < 4.78 is 5.24. The molecule has 0 bridgehead atoms. The lowest BCUT2D eigenvalue weighted by Crippen LogP contribution is -2.09. The van der Waals surface area contributed by atoms with Gasteiger partial charge in [0.15, 0.2) is 17.1 Å². The molecule has 0 aliphatic carbocycles. The molecular formula is C17H16N4O3. The Morgan fingerprint density at radius 3 is 2.46 bits per heavy atom. The first-order valence-electron chi connectivity index (χ1n) is 7.38. The van der Waals surface area contributed by atoms with Crippen LogP contribution in [-0.2, 0) is 6.54 Å². The van der Waals surface area contributed by atoms with Gasteiger partial charge in [-0.25, -0.2) is 14.8 Å². The van der Waals surface area contributed by atoms with Gasteiger partial charge in [0.05, 0.1) is 6.54 Å². The maximum Gasteiger partial charge on any atom is 0.343 e. The van der Waals surface area contributed by atoms with Crippen LogP contribution in [0.5, 0.6) is 0 Å². The minimum absolute atomic E-state index is 0.00873. The molecule has 2 heterocycles. The molecule has 2 N–H and O–H groups in total. The third-order valence-electron chi connectivity index (χ3n) is 3.38. The second-order valence-electron chi connectivity index (χ2n) is 5.33. The molecule has 0 aliphatic rings. The van der Waals surface area contributed by atoms with Crippen LogP contribution in [0.4, 0.5) is 5.82 Å². The van der Waals surface area contributed by atoms with Crippen molar-refractivity contribution in [3.05, 3.63) is 59.2 Å². The summed E-state index contributed by atoms with van der Waals surface area (Å²) in [5.74, 6) is -0.178. The van der Waals surface area contributed by atoms with Crippen molar-refractivity contribution in [3.8, 4) is 11.3 Å². The van der Waals surface area contributed by atoms with Gasteiger partial charge in [0.25, 0.3) is 0 Å². The van der Waals surface area contributed by atoms with E-state index in [1.54, 1.807) is 24.3 Å². The number of anilines is 1. The van der Waals surface area contributed by atoms with Gasteiger partial charge >= 0.3 is 5.97 Å². The van der Waals surface area contributed by atoms with Crippen molar-refractivity contribution in [1.29, 1.82) is 0 Å². The molecule has 7 heteroatoms. The predicted molar refractivity (Wildman–Crippen MR) is 87.7 cm³/mol. The van der Waals surface area contributed by atoms with E-state index in [9.17, 15) is 9.90 Å². The maximum atomic E-state index is 11.6. The third kappa shape index (κ3) is 3.24. The van der Waals surface area contributed by atoms with Crippen LogP contribution in [-0.4, -0.2) is 26.2 Å². The second-order valence-corrected chi connectivity index (χ2v) is 5.33. The molecule has 0 saturated heterocycles. The summed E-state index contributed by atoms with van der Waals surface area (Å²) in [7, 11) is 0. The number of aromatic nitrogens is 3. The summed E-state index contributed by atoms with van der Waals surface area (Å²) >= 11 is 0. The van der Waals surface area contributed by atoms with E-state index in [-0.39, 0.29) is 23.7 Å². The van der Waals surface area contributed by atoms with Crippen LogP contribution >= 0.6 is 0 Å². The number of nitrogens with one attached hydrogen (secondary N) is 1. The van der Waals surface area contributed by atoms with Crippen molar-refractivity contribution >= 4 is 11.8 Å². The van der Waals surface area contributed by atoms with Gasteiger partial charge in [0.2, 0.25) is 0 Å². The van der Waals surface area contributed by atoms with Gasteiger partial charge < -0.3 is 14.9 Å². The summed E-state index contributed by atoms with van der Waals surface area (Å²) in [6.07, 6.45) is 0. The number of rotatable bonds is 5. The van der Waals surface area contributed by atoms with Crippen molar-refractivity contribution in [2.75, 3.05) is 5.32 Å². The average molecular weight is 324 g/mol. The fourth-order valence-electron chi connectivity index (χ4n) is 2.44. The molecule has 0 spiro atoms. The fourth-order valence-corrected chi connectivity index (χ4v) is 2.44. The van der Waals surface area contributed by atoms with Crippen LogP contribution in [0.3, 0.4) is 0 Å². The van der Waals surface area contributed by atoms with E-state index in [2.05, 4.69) is 20.4 Å². The molecule has 1 aromatic carbocycles. The number of aryl methyl sites for hydroxylation is 2. The van der Waals surface area contributed by atoms with Gasteiger partial charge in [0, 0.05) is 17.0 Å². The number of carboxylic acid groups (broad SMARTS) is 1. The average Bonchev–Trinajstić information content (AvgIpc) is 2.97. The van der Waals surface area contributed by atoms with Gasteiger partial charge in [-0.1, -0.05) is 35.5 Å². The van der Waals surface area contributed by atoms with Crippen molar-refractivity contribution in [3.63, 3.8) is 0 Å². The number of carboxylic acids is 1. The summed E-state index contributed by atoms with van der Waals surface area (Å²) in [6, 6.07) is 10.9. The second kappa shape index (κ2) is 6.49. The van der Waals surface area contributed by atoms with E-state index in [0.29, 0.717) is 11.4 Å². The molecule has 3 rings (SSSR count). The van der Waals surface area contributed by atoms with Gasteiger partial charge in [-0.2, -0.15) is 0 Å². The smallest absolute Gasteiger partial charge is 0.343 e. The lowest BCUT2D eigenvalue weighted by Gasteiger charge is -2.05. The number of nitrogens with zero attached hydrogens (tertiary/aromatic N) is 3. The Labute approximate surface area is 138 Å². The predicted octanol–water partition coefficient (Wildman–Crippen LogP) is 3.06. The molecule has 0 radical (unpaired) electrons. The molecule has 7 nitrogen and oxygen atoms in total. The van der Waals surface area contributed by atoms with Gasteiger partial charge in [-0.15, -0.1) is 0 Å². The molecule has 0 amide bonds. The highest BCUT2D eigenvalue weighted by Crippen LogP contribution is 2.29. The Morgan fingerprint density at radius 2 is 1.83 bits per heavy atom. The summed E-state index contributed by atoms with van der Waals surface area (Å²) in [4.78, 5) is 20.2. The molecule has 0 saturated carbocycles. The van der Waals surface area contributed by atoms with E-state index in [1.807, 2.05) is 26.0 Å². The number of aromatic carboxylic acids is 1. The van der Waals surface area contributed by atoms with Crippen LogP contribution in [0.15, 0.2) is 40.9 Å². The van der Waals surface area contributed by atoms with Crippen molar-refractivity contribution < 1.29 is 14.4 Å². The number of hydrogen-bond donors (Lipinski definition) is 2. The molecule has 0 fully saturated rings. The molecule has 122 valence electrons. The zero-order chi connectivity index (χ0) is 17.1. The molecular weight excluding hydrogens is 308 g/mol. The van der Waals surface area contributed by atoms with E-state index < -0.39 is 5.97 Å². The molecule has 0 unspecified atom stereocenters. The lowest BCUT2D eigenvalue weighted by atomic mass is 10.1. The van der Waals surface area contributed by atoms with Crippen LogP contribution in [0.1, 0.15) is 27.6 Å². The number of benzene rings is 1. The highest BCUT2D eigenvalue weighted by molar-refractivity contribution is 5.99. The Morgan fingerprint density at radius 1 is 1.17 bits per heavy atom. The van der Waals surface area contributed by atoms with Crippen molar-refractivity contribution in [2.24, 2.45) is 0 Å². The standard InChI is InChI=1S/C17H16N4O3/c1-10-8-11(2)20-13(19-10)9-18-16-14(17(22)23)15(24-21-16)12-6-4-3-5-7-12/h3-8H,9H2,1-2H3,(H,18,21)(H,22,23). The molecule has 24 heavy (non-hydrogen) atoms. The number of hydrogen-bond acceptors (Lipinski definition) is 6. The van der Waals surface area contributed by atoms with Crippen molar-refractivity contribution in [2.45, 2.75) is 20.4 Å². The van der Waals surface area contributed by atoms with E-state index in [4.69, 9.17) is 4.52 Å². The summed E-state index contributed by atoms with van der Waals surface area (Å²) in [5.41, 5.74) is 2.34. The molecule has 3 aromatic rings. The Bertz CT molecular complexity index is 855. The Kier molecular flexibility index (Phi) is 4.24. The highest BCUT2D eigenvalue weighted by Gasteiger charge is 2.23. The zero-order valence-corrected chi connectivity index (χ0v) is 13.3. The first kappa shape index (κ1) is 15.7. The topological polar surface area (TPSA) is 101 Å². The fraction of sp³-hybridized carbons (Fsp3) is 0.176. The van der Waals surface area contributed by atoms with Gasteiger partial charge in [-0.3, -0.25) is 0 Å². The summed E-state index contributed by atoms with van der Waals surface area (Å²) in [6.45, 7) is 4.01. The SMILES string of the molecule is Cc1cc(C)nc(CNc2noc(-c3ccccc3)c2C(=O)O)n1. The van der Waals surface area contributed by atoms with Crippen molar-refractivity contribution in [1.82, 2.24) is 15.1 Å². The molecule has 0 aliphatic heterocycles. The number of carbonyl (C=O) groups is 1. The van der Waals surface area contributed by atoms with E-state index >= 15 is 0 Å².